The maximum Gasteiger partial charge on any atom is 3.00 e. The second-order valence-electron chi connectivity index (χ2n) is 5.40. The molecule has 3 aliphatic carbocycles. The molecular weight excluding hydrogens is 427 g/mol. The van der Waals surface area contributed by atoms with Crippen LogP contribution < -0.4 is 0 Å². The molecule has 3 rings (SSSR count). The Balaban J connectivity index is 0.000000339. The molecule has 0 aromatic rings. The second-order valence-corrected chi connectivity index (χ2v) is 5.40. The largest absolute Gasteiger partial charge is 3.00 e. The predicted molar refractivity (Wildman–Crippen MR) is 106 cm³/mol. The molecule has 0 saturated heterocycles. The van der Waals surface area contributed by atoms with E-state index in [0.717, 1.165) is 38.5 Å². The minimum absolute atomic E-state index is 0. The first kappa shape index (κ1) is 23.9. The Labute approximate surface area is 182 Å². The zero-order valence-electron chi connectivity index (χ0n) is 15.1. The predicted octanol–water partition coefficient (Wildman–Crippen LogP) is 6.76. The minimum Gasteiger partial charge on any atom is -0.269 e. The number of rotatable bonds is 6. The first-order valence-electron chi connectivity index (χ1n) is 8.41. The van der Waals surface area contributed by atoms with Crippen molar-refractivity contribution in [3.05, 3.63) is 109 Å². The van der Waals surface area contributed by atoms with Gasteiger partial charge in [0, 0.05) is 0 Å². The standard InChI is InChI=1S/3C8H9.La/c3*1-2-5-8-6-3-4-7-8;/h3*2-3,6H,1,4-5H2;/q3*-1;+3. The molecule has 25 heavy (non-hydrogen) atoms. The molecule has 0 heterocycles. The molecule has 0 unspecified atom stereocenters. The third-order valence-electron chi connectivity index (χ3n) is 3.39. The van der Waals surface area contributed by atoms with E-state index in [4.69, 9.17) is 0 Å². The van der Waals surface area contributed by atoms with Crippen molar-refractivity contribution in [2.45, 2.75) is 38.5 Å². The molecule has 0 saturated carbocycles. The monoisotopic (exact) mass is 454 g/mol. The van der Waals surface area contributed by atoms with Gasteiger partial charge in [-0.15, -0.1) is 39.0 Å². The molecule has 0 fully saturated rings. The Morgan fingerprint density at radius 2 is 0.920 bits per heavy atom. The Bertz CT molecular complexity index is 506. The fraction of sp³-hybridized carbons (Fsp3) is 0.250. The summed E-state index contributed by atoms with van der Waals surface area (Å²) in [6, 6.07) is 0. The van der Waals surface area contributed by atoms with Gasteiger partial charge in [-0.25, -0.2) is 34.9 Å². The first-order valence-corrected chi connectivity index (χ1v) is 8.41. The summed E-state index contributed by atoms with van der Waals surface area (Å²) in [7, 11) is 0. The molecule has 0 spiro atoms. The Kier molecular flexibility index (Phi) is 15.6. The van der Waals surface area contributed by atoms with E-state index in [0.29, 0.717) is 0 Å². The van der Waals surface area contributed by atoms with Crippen LogP contribution in [0.5, 0.6) is 0 Å². The Hall–Kier alpha value is -1.15. The van der Waals surface area contributed by atoms with Gasteiger partial charge in [0.25, 0.3) is 0 Å². The summed E-state index contributed by atoms with van der Waals surface area (Å²) in [6.45, 7) is 10.9. The fourth-order valence-corrected chi connectivity index (χ4v) is 2.24. The van der Waals surface area contributed by atoms with E-state index in [2.05, 4.69) is 74.4 Å². The van der Waals surface area contributed by atoms with Crippen molar-refractivity contribution in [2.75, 3.05) is 0 Å². The molecule has 0 nitrogen and oxygen atoms in total. The van der Waals surface area contributed by atoms with E-state index in [-0.39, 0.29) is 35.6 Å². The van der Waals surface area contributed by atoms with Crippen molar-refractivity contribution in [1.82, 2.24) is 0 Å². The normalized spacial score (nSPS) is 15.6. The van der Waals surface area contributed by atoms with Crippen molar-refractivity contribution in [3.8, 4) is 0 Å². The molecule has 0 aromatic heterocycles. The molecule has 0 amide bonds. The number of allylic oxidation sites excluding steroid dienone is 15. The molecule has 126 valence electrons. The van der Waals surface area contributed by atoms with E-state index in [1.54, 1.807) is 0 Å². The van der Waals surface area contributed by atoms with Gasteiger partial charge in [0.05, 0.1) is 0 Å². The summed E-state index contributed by atoms with van der Waals surface area (Å²) < 4.78 is 0. The maximum absolute atomic E-state index is 3.63. The summed E-state index contributed by atoms with van der Waals surface area (Å²) in [4.78, 5) is 0. The van der Waals surface area contributed by atoms with Crippen LogP contribution in [0.3, 0.4) is 0 Å². The molecule has 0 N–H and O–H groups in total. The van der Waals surface area contributed by atoms with Crippen LogP contribution in [0.2, 0.25) is 0 Å². The van der Waals surface area contributed by atoms with Gasteiger partial charge >= 0.3 is 35.6 Å². The quantitative estimate of drug-likeness (QED) is 0.308. The maximum atomic E-state index is 3.63. The van der Waals surface area contributed by atoms with Gasteiger partial charge in [0.15, 0.2) is 0 Å². The minimum atomic E-state index is 0. The van der Waals surface area contributed by atoms with Crippen LogP contribution in [-0.4, -0.2) is 0 Å². The molecule has 0 bridgehead atoms. The molecule has 3 aliphatic rings. The van der Waals surface area contributed by atoms with E-state index >= 15 is 0 Å². The van der Waals surface area contributed by atoms with Crippen LogP contribution in [0.25, 0.3) is 0 Å². The van der Waals surface area contributed by atoms with Crippen LogP contribution in [0.1, 0.15) is 38.5 Å². The summed E-state index contributed by atoms with van der Waals surface area (Å²) in [6.07, 6.45) is 33.8. The number of hydrogen-bond acceptors (Lipinski definition) is 0. The SMILES string of the molecule is C=CCC1=[C-]CC=C1.C=CCC1=[C-]CC=C1.C=CCC1=[C-]CC=C1.[La+3]. The van der Waals surface area contributed by atoms with Crippen molar-refractivity contribution >= 4 is 0 Å². The average Bonchev–Trinajstić information content (AvgIpc) is 3.33. The van der Waals surface area contributed by atoms with Crippen molar-refractivity contribution in [2.24, 2.45) is 0 Å². The van der Waals surface area contributed by atoms with E-state index in [1.807, 2.05) is 18.2 Å². The van der Waals surface area contributed by atoms with E-state index < -0.39 is 0 Å². The number of hydrogen-bond donors (Lipinski definition) is 0. The Morgan fingerprint density at radius 1 is 0.640 bits per heavy atom. The van der Waals surface area contributed by atoms with Crippen LogP contribution >= 0.6 is 0 Å². The summed E-state index contributed by atoms with van der Waals surface area (Å²) >= 11 is 0. The zero-order chi connectivity index (χ0) is 17.5. The smallest absolute Gasteiger partial charge is 0.269 e. The fourth-order valence-electron chi connectivity index (χ4n) is 2.24. The van der Waals surface area contributed by atoms with Crippen LogP contribution in [0.4, 0.5) is 0 Å². The molecule has 1 heteroatoms. The molecule has 0 radical (unpaired) electrons. The zero-order valence-corrected chi connectivity index (χ0v) is 18.8. The third kappa shape index (κ3) is 11.9. The third-order valence-corrected chi connectivity index (χ3v) is 3.39. The Morgan fingerprint density at radius 3 is 1.08 bits per heavy atom. The molecule has 0 aliphatic heterocycles. The van der Waals surface area contributed by atoms with Crippen LogP contribution in [-0.2, 0) is 0 Å². The molecule has 0 aromatic carbocycles. The summed E-state index contributed by atoms with van der Waals surface area (Å²) in [5, 5.41) is 0. The molecule has 0 atom stereocenters. The van der Waals surface area contributed by atoms with E-state index in [9.17, 15) is 0 Å². The first-order chi connectivity index (χ1) is 11.8. The van der Waals surface area contributed by atoms with Gasteiger partial charge in [0.1, 0.15) is 0 Å². The van der Waals surface area contributed by atoms with Gasteiger partial charge in [0.2, 0.25) is 0 Å². The van der Waals surface area contributed by atoms with Gasteiger partial charge in [-0.05, 0) is 19.3 Å². The van der Waals surface area contributed by atoms with Gasteiger partial charge in [-0.1, -0.05) is 18.2 Å². The van der Waals surface area contributed by atoms with E-state index in [1.165, 1.54) is 16.7 Å². The van der Waals surface area contributed by atoms with Crippen LogP contribution in [0.15, 0.2) is 91.1 Å². The average molecular weight is 454 g/mol. The van der Waals surface area contributed by atoms with Gasteiger partial charge in [-0.3, -0.25) is 18.2 Å². The van der Waals surface area contributed by atoms with Gasteiger partial charge < -0.3 is 0 Å². The summed E-state index contributed by atoms with van der Waals surface area (Å²) in [5.41, 5.74) is 3.83. The summed E-state index contributed by atoms with van der Waals surface area (Å²) in [5.74, 6) is 0. The van der Waals surface area contributed by atoms with Crippen molar-refractivity contribution < 1.29 is 35.6 Å². The molecular formula is C24H27La. The van der Waals surface area contributed by atoms with Gasteiger partial charge in [-0.2, -0.15) is 18.2 Å². The topological polar surface area (TPSA) is 0 Å². The van der Waals surface area contributed by atoms with Crippen molar-refractivity contribution in [3.63, 3.8) is 0 Å². The second kappa shape index (κ2) is 16.3. The van der Waals surface area contributed by atoms with Crippen molar-refractivity contribution in [1.29, 1.82) is 0 Å². The van der Waals surface area contributed by atoms with Crippen LogP contribution in [0, 0.1) is 53.8 Å².